The molecule has 0 bridgehead atoms. The summed E-state index contributed by atoms with van der Waals surface area (Å²) in [6.45, 7) is 4.73. The van der Waals surface area contributed by atoms with Crippen molar-refractivity contribution < 1.29 is 0 Å². The van der Waals surface area contributed by atoms with Crippen molar-refractivity contribution in [2.24, 2.45) is 5.92 Å². The van der Waals surface area contributed by atoms with Gasteiger partial charge in [0.05, 0.1) is 18.1 Å². The molecule has 2 fully saturated rings. The lowest BCUT2D eigenvalue weighted by Gasteiger charge is -2.38. The number of aromatic nitrogens is 3. The van der Waals surface area contributed by atoms with Gasteiger partial charge in [-0.15, -0.1) is 11.3 Å². The molecule has 146 valence electrons. The van der Waals surface area contributed by atoms with E-state index in [0.29, 0.717) is 18.0 Å². The Labute approximate surface area is 168 Å². The molecule has 1 aliphatic heterocycles. The van der Waals surface area contributed by atoms with Crippen LogP contribution in [-0.4, -0.2) is 57.6 Å². The molecule has 1 atom stereocenters. The third-order valence-electron chi connectivity index (χ3n) is 5.94. The van der Waals surface area contributed by atoms with Crippen LogP contribution in [0.25, 0.3) is 10.3 Å². The van der Waals surface area contributed by atoms with Crippen LogP contribution in [0.2, 0.25) is 0 Å². The third kappa shape index (κ3) is 3.38. The first-order valence-electron chi connectivity index (χ1n) is 10.0. The molecule has 0 N–H and O–H groups in total. The van der Waals surface area contributed by atoms with E-state index < -0.39 is 0 Å². The van der Waals surface area contributed by atoms with E-state index in [1.165, 1.54) is 24.2 Å². The van der Waals surface area contributed by atoms with Gasteiger partial charge in [-0.1, -0.05) is 30.3 Å². The zero-order valence-electron chi connectivity index (χ0n) is 16.1. The van der Waals surface area contributed by atoms with Crippen molar-refractivity contribution in [3.63, 3.8) is 0 Å². The van der Waals surface area contributed by atoms with Gasteiger partial charge in [-0.3, -0.25) is 14.3 Å². The number of hydrogen-bond acceptors (Lipinski definition) is 6. The molecular formula is C21H25N5OS. The summed E-state index contributed by atoms with van der Waals surface area (Å²) in [5.41, 5.74) is 3.34. The quantitative estimate of drug-likeness (QED) is 0.665. The van der Waals surface area contributed by atoms with Crippen LogP contribution in [0.3, 0.4) is 0 Å². The number of thiazole rings is 1. The first-order chi connectivity index (χ1) is 13.7. The van der Waals surface area contributed by atoms with Crippen LogP contribution in [0.1, 0.15) is 30.3 Å². The Morgan fingerprint density at radius 2 is 1.89 bits per heavy atom. The normalized spacial score (nSPS) is 19.9. The molecule has 0 spiro atoms. The highest BCUT2D eigenvalue weighted by molar-refractivity contribution is 7.16. The van der Waals surface area contributed by atoms with Gasteiger partial charge >= 0.3 is 0 Å². The Hall–Kier alpha value is -2.09. The molecule has 0 radical (unpaired) electrons. The van der Waals surface area contributed by atoms with Crippen LogP contribution < -0.4 is 5.56 Å². The van der Waals surface area contributed by atoms with E-state index in [1.807, 2.05) is 22.8 Å². The summed E-state index contributed by atoms with van der Waals surface area (Å²) in [5.74, 6) is 1.53. The lowest BCUT2D eigenvalue weighted by molar-refractivity contribution is 0.0937. The summed E-state index contributed by atoms with van der Waals surface area (Å²) in [4.78, 5) is 28.3. The van der Waals surface area contributed by atoms with Crippen molar-refractivity contribution in [3.8, 4) is 0 Å². The Bertz CT molecular complexity index is 1020. The van der Waals surface area contributed by atoms with Gasteiger partial charge in [0.2, 0.25) is 0 Å². The van der Waals surface area contributed by atoms with E-state index in [4.69, 9.17) is 4.98 Å². The SMILES string of the molecule is CN1CCN(C(c2nc3scnc3c(=O)n2Cc2ccccc2)C2CC2)CC1. The van der Waals surface area contributed by atoms with Crippen molar-refractivity contribution in [2.75, 3.05) is 33.2 Å². The smallest absolute Gasteiger partial charge is 0.281 e. The average molecular weight is 396 g/mol. The lowest BCUT2D eigenvalue weighted by atomic mass is 10.1. The van der Waals surface area contributed by atoms with Gasteiger partial charge in [0.25, 0.3) is 5.56 Å². The first kappa shape index (κ1) is 18.0. The molecule has 1 unspecified atom stereocenters. The highest BCUT2D eigenvalue weighted by atomic mass is 32.1. The molecule has 2 aromatic heterocycles. The van der Waals surface area contributed by atoms with Gasteiger partial charge in [-0.25, -0.2) is 9.97 Å². The molecule has 1 aliphatic carbocycles. The molecule has 7 heteroatoms. The van der Waals surface area contributed by atoms with Crippen molar-refractivity contribution in [1.82, 2.24) is 24.3 Å². The summed E-state index contributed by atoms with van der Waals surface area (Å²) in [6, 6.07) is 10.4. The molecule has 1 saturated heterocycles. The third-order valence-corrected chi connectivity index (χ3v) is 6.66. The van der Waals surface area contributed by atoms with Crippen molar-refractivity contribution in [1.29, 1.82) is 0 Å². The summed E-state index contributed by atoms with van der Waals surface area (Å²) >= 11 is 1.46. The maximum Gasteiger partial charge on any atom is 0.281 e. The zero-order valence-corrected chi connectivity index (χ0v) is 16.9. The molecule has 2 aliphatic rings. The second-order valence-corrected chi connectivity index (χ2v) is 8.81. The van der Waals surface area contributed by atoms with Crippen molar-refractivity contribution in [3.05, 3.63) is 57.6 Å². The number of rotatable bonds is 5. The maximum absolute atomic E-state index is 13.3. The standard InChI is InChI=1S/C21H25N5OS/c1-24-9-11-25(12-10-24)18(16-7-8-16)19-23-20-17(22-14-28-20)21(27)26(19)13-15-5-3-2-4-6-15/h2-6,14,16,18H,7-13H2,1H3. The minimum Gasteiger partial charge on any atom is -0.304 e. The fraction of sp³-hybridized carbons (Fsp3) is 0.476. The fourth-order valence-electron chi connectivity index (χ4n) is 4.19. The van der Waals surface area contributed by atoms with Crippen molar-refractivity contribution >= 4 is 21.7 Å². The van der Waals surface area contributed by atoms with E-state index in [-0.39, 0.29) is 11.6 Å². The van der Waals surface area contributed by atoms with Gasteiger partial charge < -0.3 is 4.90 Å². The van der Waals surface area contributed by atoms with Gasteiger partial charge in [0, 0.05) is 26.2 Å². The maximum atomic E-state index is 13.3. The molecule has 3 aromatic rings. The average Bonchev–Trinajstić information content (AvgIpc) is 3.43. The van der Waals surface area contributed by atoms with E-state index in [2.05, 4.69) is 34.0 Å². The van der Waals surface area contributed by atoms with Crippen LogP contribution in [0, 0.1) is 5.92 Å². The van der Waals surface area contributed by atoms with Gasteiger partial charge in [0.15, 0.2) is 10.3 Å². The summed E-state index contributed by atoms with van der Waals surface area (Å²) in [6.07, 6.45) is 2.44. The largest absolute Gasteiger partial charge is 0.304 e. The monoisotopic (exact) mass is 395 g/mol. The molecule has 5 rings (SSSR count). The Morgan fingerprint density at radius 1 is 1.14 bits per heavy atom. The Balaban J connectivity index is 1.62. The lowest BCUT2D eigenvalue weighted by Crippen LogP contribution is -2.47. The molecule has 0 amide bonds. The zero-order chi connectivity index (χ0) is 19.1. The molecule has 3 heterocycles. The summed E-state index contributed by atoms with van der Waals surface area (Å²) < 4.78 is 1.89. The molecule has 1 aromatic carbocycles. The summed E-state index contributed by atoms with van der Waals surface area (Å²) in [7, 11) is 2.18. The number of hydrogen-bond donors (Lipinski definition) is 0. The van der Waals surface area contributed by atoms with Gasteiger partial charge in [0.1, 0.15) is 5.82 Å². The number of benzene rings is 1. The topological polar surface area (TPSA) is 54.3 Å². The highest BCUT2D eigenvalue weighted by Crippen LogP contribution is 2.44. The molecular weight excluding hydrogens is 370 g/mol. The second-order valence-electron chi connectivity index (χ2n) is 7.97. The molecule has 1 saturated carbocycles. The molecule has 28 heavy (non-hydrogen) atoms. The second kappa shape index (κ2) is 7.39. The predicted octanol–water partition coefficient (Wildman–Crippen LogP) is 2.60. The minimum atomic E-state index is -0.00937. The first-order valence-corrected chi connectivity index (χ1v) is 10.9. The number of piperazine rings is 1. The van der Waals surface area contributed by atoms with Crippen LogP contribution >= 0.6 is 11.3 Å². The minimum absolute atomic E-state index is 0.00937. The van der Waals surface area contributed by atoms with Gasteiger partial charge in [-0.05, 0) is 31.4 Å². The fourth-order valence-corrected chi connectivity index (χ4v) is 4.85. The van der Waals surface area contributed by atoms with Crippen LogP contribution in [0.5, 0.6) is 0 Å². The number of nitrogens with zero attached hydrogens (tertiary/aromatic N) is 5. The Morgan fingerprint density at radius 3 is 2.61 bits per heavy atom. The van der Waals surface area contributed by atoms with Gasteiger partial charge in [-0.2, -0.15) is 0 Å². The highest BCUT2D eigenvalue weighted by Gasteiger charge is 2.40. The predicted molar refractivity (Wildman–Crippen MR) is 112 cm³/mol. The number of fused-ring (bicyclic) bond motifs is 1. The van der Waals surface area contributed by atoms with Crippen molar-refractivity contribution in [2.45, 2.75) is 25.4 Å². The van der Waals surface area contributed by atoms with E-state index in [9.17, 15) is 4.79 Å². The number of likely N-dealkylation sites (N-methyl/N-ethyl adjacent to an activating group) is 1. The van der Waals surface area contributed by atoms with Crippen LogP contribution in [0.15, 0.2) is 40.6 Å². The molecule has 6 nitrogen and oxygen atoms in total. The summed E-state index contributed by atoms with van der Waals surface area (Å²) in [5, 5.41) is 0. The van der Waals surface area contributed by atoms with E-state index in [1.54, 1.807) is 5.51 Å². The van der Waals surface area contributed by atoms with Crippen LogP contribution in [-0.2, 0) is 6.54 Å². The van der Waals surface area contributed by atoms with E-state index in [0.717, 1.165) is 42.4 Å². The Kier molecular flexibility index (Phi) is 4.74. The van der Waals surface area contributed by atoms with E-state index >= 15 is 0 Å². The van der Waals surface area contributed by atoms with Crippen LogP contribution in [0.4, 0.5) is 0 Å².